The minimum Gasteiger partial charge on any atom is -0.381 e. The SMILES string of the molecule is O=C1C=C(N(Cc2ccccc2)c2cccc3c2C=CCN3)CCC1. The Bertz CT molecular complexity index is 836. The lowest BCUT2D eigenvalue weighted by Gasteiger charge is -2.32. The van der Waals surface area contributed by atoms with Gasteiger partial charge in [0.2, 0.25) is 0 Å². The number of hydrogen-bond donors (Lipinski definition) is 1. The average molecular weight is 330 g/mol. The van der Waals surface area contributed by atoms with Crippen molar-refractivity contribution in [1.29, 1.82) is 0 Å². The normalized spacial score (nSPS) is 16.0. The van der Waals surface area contributed by atoms with E-state index in [0.29, 0.717) is 6.42 Å². The molecule has 0 bridgehead atoms. The molecule has 126 valence electrons. The van der Waals surface area contributed by atoms with Crippen LogP contribution in [0.3, 0.4) is 0 Å². The number of ketones is 1. The van der Waals surface area contributed by atoms with E-state index in [0.717, 1.165) is 43.0 Å². The van der Waals surface area contributed by atoms with Crippen LogP contribution in [0.4, 0.5) is 11.4 Å². The Balaban J connectivity index is 1.78. The van der Waals surface area contributed by atoms with Gasteiger partial charge >= 0.3 is 0 Å². The zero-order valence-corrected chi connectivity index (χ0v) is 14.2. The number of nitrogens with one attached hydrogen (secondary N) is 1. The molecule has 0 unspecified atom stereocenters. The molecule has 0 amide bonds. The van der Waals surface area contributed by atoms with Gasteiger partial charge in [-0.2, -0.15) is 0 Å². The van der Waals surface area contributed by atoms with Crippen molar-refractivity contribution >= 4 is 23.2 Å². The Morgan fingerprint density at radius 2 is 1.88 bits per heavy atom. The molecule has 25 heavy (non-hydrogen) atoms. The van der Waals surface area contributed by atoms with E-state index >= 15 is 0 Å². The second-order valence-electron chi connectivity index (χ2n) is 6.55. The molecule has 2 aliphatic rings. The quantitative estimate of drug-likeness (QED) is 0.876. The Labute approximate surface area is 148 Å². The molecule has 2 aromatic carbocycles. The molecule has 3 nitrogen and oxygen atoms in total. The first-order valence-corrected chi connectivity index (χ1v) is 8.89. The first kappa shape index (κ1) is 15.7. The molecule has 0 radical (unpaired) electrons. The zero-order chi connectivity index (χ0) is 17.1. The first-order valence-electron chi connectivity index (χ1n) is 8.89. The van der Waals surface area contributed by atoms with Crippen molar-refractivity contribution in [2.24, 2.45) is 0 Å². The fourth-order valence-corrected chi connectivity index (χ4v) is 3.56. The maximum Gasteiger partial charge on any atom is 0.157 e. The van der Waals surface area contributed by atoms with Crippen LogP contribution < -0.4 is 10.2 Å². The molecule has 0 saturated heterocycles. The summed E-state index contributed by atoms with van der Waals surface area (Å²) in [6.07, 6.45) is 8.71. The highest BCUT2D eigenvalue weighted by Crippen LogP contribution is 2.35. The summed E-state index contributed by atoms with van der Waals surface area (Å²) in [4.78, 5) is 14.3. The lowest BCUT2D eigenvalue weighted by molar-refractivity contribution is -0.115. The van der Waals surface area contributed by atoms with Gasteiger partial charge in [0.25, 0.3) is 0 Å². The summed E-state index contributed by atoms with van der Waals surface area (Å²) in [6.45, 7) is 1.63. The molecule has 0 atom stereocenters. The van der Waals surface area contributed by atoms with Gasteiger partial charge in [-0.15, -0.1) is 0 Å². The van der Waals surface area contributed by atoms with Gasteiger partial charge in [-0.1, -0.05) is 48.6 Å². The summed E-state index contributed by atoms with van der Waals surface area (Å²) in [5.74, 6) is 0.234. The number of hydrogen-bond acceptors (Lipinski definition) is 3. The molecule has 1 heterocycles. The fraction of sp³-hybridized carbons (Fsp3) is 0.227. The molecular weight excluding hydrogens is 308 g/mol. The van der Waals surface area contributed by atoms with Crippen LogP contribution in [0, 0.1) is 0 Å². The van der Waals surface area contributed by atoms with E-state index in [1.54, 1.807) is 0 Å². The number of fused-ring (bicyclic) bond motifs is 1. The maximum atomic E-state index is 12.0. The fourth-order valence-electron chi connectivity index (χ4n) is 3.56. The van der Waals surface area contributed by atoms with Crippen LogP contribution in [0.1, 0.15) is 30.4 Å². The van der Waals surface area contributed by atoms with Crippen LogP contribution in [0.5, 0.6) is 0 Å². The van der Waals surface area contributed by atoms with Gasteiger partial charge < -0.3 is 10.2 Å². The van der Waals surface area contributed by atoms with Gasteiger partial charge in [-0.05, 0) is 30.5 Å². The largest absolute Gasteiger partial charge is 0.381 e. The third kappa shape index (κ3) is 3.36. The highest BCUT2D eigenvalue weighted by molar-refractivity contribution is 5.92. The zero-order valence-electron chi connectivity index (χ0n) is 14.2. The Morgan fingerprint density at radius 1 is 1.00 bits per heavy atom. The van der Waals surface area contributed by atoms with Gasteiger partial charge in [0.15, 0.2) is 5.78 Å². The summed E-state index contributed by atoms with van der Waals surface area (Å²) < 4.78 is 0. The Hall–Kier alpha value is -2.81. The number of nitrogens with zero attached hydrogens (tertiary/aromatic N) is 1. The maximum absolute atomic E-state index is 12.0. The standard InChI is InChI=1S/C22H22N2O/c25-19-10-4-9-18(15-19)24(16-17-7-2-1-3-8-17)22-13-5-12-21-20(22)11-6-14-23-21/h1-3,5-8,11-13,15,23H,4,9-10,14,16H2. The lowest BCUT2D eigenvalue weighted by Crippen LogP contribution is -2.26. The average Bonchev–Trinajstić information content (AvgIpc) is 2.67. The number of carbonyl (C=O) groups excluding carboxylic acids is 1. The van der Waals surface area contributed by atoms with E-state index in [1.165, 1.54) is 11.1 Å². The highest BCUT2D eigenvalue weighted by atomic mass is 16.1. The van der Waals surface area contributed by atoms with Gasteiger partial charge in [-0.3, -0.25) is 4.79 Å². The topological polar surface area (TPSA) is 32.3 Å². The smallest absolute Gasteiger partial charge is 0.157 e. The molecule has 3 heteroatoms. The number of anilines is 2. The molecule has 0 spiro atoms. The van der Waals surface area contributed by atoms with Crippen molar-refractivity contribution in [3.8, 4) is 0 Å². The summed E-state index contributed by atoms with van der Waals surface area (Å²) in [7, 11) is 0. The second-order valence-corrected chi connectivity index (χ2v) is 6.55. The van der Waals surface area contributed by atoms with Gasteiger partial charge in [0, 0.05) is 42.5 Å². The van der Waals surface area contributed by atoms with Crippen LogP contribution in [-0.4, -0.2) is 12.3 Å². The molecule has 1 N–H and O–H groups in total. The molecule has 4 rings (SSSR count). The van der Waals surface area contributed by atoms with E-state index in [9.17, 15) is 4.79 Å². The molecular formula is C22H22N2O. The number of carbonyl (C=O) groups is 1. The lowest BCUT2D eigenvalue weighted by atomic mass is 9.99. The monoisotopic (exact) mass is 330 g/mol. The van der Waals surface area contributed by atoms with Crippen molar-refractivity contribution < 1.29 is 4.79 Å². The minimum absolute atomic E-state index is 0.234. The molecule has 2 aromatic rings. The van der Waals surface area contributed by atoms with Crippen LogP contribution in [0.15, 0.2) is 66.4 Å². The van der Waals surface area contributed by atoms with E-state index in [1.807, 2.05) is 12.1 Å². The summed E-state index contributed by atoms with van der Waals surface area (Å²) in [6, 6.07) is 16.8. The molecule has 1 aliphatic heterocycles. The van der Waals surface area contributed by atoms with Crippen LogP contribution >= 0.6 is 0 Å². The minimum atomic E-state index is 0.234. The van der Waals surface area contributed by atoms with Crippen LogP contribution in [-0.2, 0) is 11.3 Å². The van der Waals surface area contributed by atoms with E-state index in [2.05, 4.69) is 64.8 Å². The van der Waals surface area contributed by atoms with Gasteiger partial charge in [0.05, 0.1) is 5.69 Å². The highest BCUT2D eigenvalue weighted by Gasteiger charge is 2.21. The number of rotatable bonds is 4. The number of allylic oxidation sites excluding steroid dienone is 2. The van der Waals surface area contributed by atoms with Crippen molar-refractivity contribution in [2.75, 3.05) is 16.8 Å². The predicted octanol–water partition coefficient (Wildman–Crippen LogP) is 4.77. The third-order valence-electron chi connectivity index (χ3n) is 4.78. The molecule has 0 saturated carbocycles. The summed E-state index contributed by atoms with van der Waals surface area (Å²) in [5, 5.41) is 3.43. The van der Waals surface area contributed by atoms with Crippen molar-refractivity contribution in [1.82, 2.24) is 0 Å². The summed E-state index contributed by atoms with van der Waals surface area (Å²) >= 11 is 0. The second kappa shape index (κ2) is 6.98. The van der Waals surface area contributed by atoms with Crippen LogP contribution in [0.25, 0.3) is 6.08 Å². The van der Waals surface area contributed by atoms with E-state index < -0.39 is 0 Å². The Kier molecular flexibility index (Phi) is 4.38. The van der Waals surface area contributed by atoms with E-state index in [4.69, 9.17) is 0 Å². The Morgan fingerprint density at radius 3 is 2.72 bits per heavy atom. The van der Waals surface area contributed by atoms with Gasteiger partial charge in [-0.25, -0.2) is 0 Å². The molecule has 0 aromatic heterocycles. The summed E-state index contributed by atoms with van der Waals surface area (Å²) in [5.41, 5.74) is 5.87. The van der Waals surface area contributed by atoms with E-state index in [-0.39, 0.29) is 5.78 Å². The van der Waals surface area contributed by atoms with Crippen molar-refractivity contribution in [3.63, 3.8) is 0 Å². The first-order chi connectivity index (χ1) is 12.3. The van der Waals surface area contributed by atoms with Gasteiger partial charge in [0.1, 0.15) is 0 Å². The molecule has 1 aliphatic carbocycles. The molecule has 0 fully saturated rings. The van der Waals surface area contributed by atoms with Crippen LogP contribution in [0.2, 0.25) is 0 Å². The predicted molar refractivity (Wildman–Crippen MR) is 104 cm³/mol. The number of benzene rings is 2. The van der Waals surface area contributed by atoms with Crippen molar-refractivity contribution in [3.05, 3.63) is 77.5 Å². The van der Waals surface area contributed by atoms with Crippen molar-refractivity contribution in [2.45, 2.75) is 25.8 Å². The third-order valence-corrected chi connectivity index (χ3v) is 4.78.